The van der Waals surface area contributed by atoms with Crippen LogP contribution in [0.1, 0.15) is 15.9 Å². The van der Waals surface area contributed by atoms with Crippen molar-refractivity contribution in [3.05, 3.63) is 83.9 Å². The van der Waals surface area contributed by atoms with Crippen LogP contribution in [0.2, 0.25) is 0 Å². The van der Waals surface area contributed by atoms with Crippen molar-refractivity contribution in [3.63, 3.8) is 0 Å². The van der Waals surface area contributed by atoms with Crippen LogP contribution in [0.4, 0.5) is 0 Å². The van der Waals surface area contributed by atoms with E-state index >= 15 is 0 Å². The summed E-state index contributed by atoms with van der Waals surface area (Å²) in [6.45, 7) is 4.73. The summed E-state index contributed by atoms with van der Waals surface area (Å²) in [5.41, 5.74) is 1.55. The number of carbonyl (C=O) groups is 1. The molecule has 3 aromatic rings. The SMILES string of the molecule is COc1cc(C(=O)N2CCN(CCOc3ccccc3)CC2)cc(OC)c1OCc1ccccc1. The molecule has 0 unspecified atom stereocenters. The van der Waals surface area contributed by atoms with Crippen LogP contribution < -0.4 is 18.9 Å². The van der Waals surface area contributed by atoms with Crippen molar-refractivity contribution in [1.82, 2.24) is 9.80 Å². The Morgan fingerprint density at radius 3 is 2.00 bits per heavy atom. The third-order valence-corrected chi connectivity index (χ3v) is 6.01. The monoisotopic (exact) mass is 476 g/mol. The maximum absolute atomic E-state index is 13.3. The number of ether oxygens (including phenoxy) is 4. The first kappa shape index (κ1) is 24.4. The van der Waals surface area contributed by atoms with Gasteiger partial charge in [-0.3, -0.25) is 9.69 Å². The van der Waals surface area contributed by atoms with Crippen LogP contribution >= 0.6 is 0 Å². The van der Waals surface area contributed by atoms with E-state index in [0.29, 0.717) is 49.1 Å². The third-order valence-electron chi connectivity index (χ3n) is 6.01. The highest BCUT2D eigenvalue weighted by molar-refractivity contribution is 5.95. The number of methoxy groups -OCH3 is 2. The normalized spacial score (nSPS) is 13.8. The minimum Gasteiger partial charge on any atom is -0.493 e. The Bertz CT molecular complexity index is 1060. The van der Waals surface area contributed by atoms with Gasteiger partial charge in [0.1, 0.15) is 19.0 Å². The summed E-state index contributed by atoms with van der Waals surface area (Å²) in [7, 11) is 3.13. The quantitative estimate of drug-likeness (QED) is 0.439. The Labute approximate surface area is 206 Å². The fourth-order valence-corrected chi connectivity index (χ4v) is 4.04. The molecule has 184 valence electrons. The molecule has 1 aliphatic heterocycles. The fraction of sp³-hybridized carbons (Fsp3) is 0.321. The van der Waals surface area contributed by atoms with Crippen LogP contribution in [0.25, 0.3) is 0 Å². The highest BCUT2D eigenvalue weighted by Gasteiger charge is 2.25. The zero-order valence-electron chi connectivity index (χ0n) is 20.3. The van der Waals surface area contributed by atoms with Crippen molar-refractivity contribution in [2.24, 2.45) is 0 Å². The fourth-order valence-electron chi connectivity index (χ4n) is 4.04. The number of rotatable bonds is 10. The third kappa shape index (κ3) is 6.45. The second-order valence-electron chi connectivity index (χ2n) is 8.28. The van der Waals surface area contributed by atoms with Gasteiger partial charge in [-0.25, -0.2) is 0 Å². The highest BCUT2D eigenvalue weighted by Crippen LogP contribution is 2.39. The smallest absolute Gasteiger partial charge is 0.254 e. The average molecular weight is 477 g/mol. The molecule has 0 aliphatic carbocycles. The molecule has 1 amide bonds. The van der Waals surface area contributed by atoms with Crippen LogP contribution in [-0.2, 0) is 6.61 Å². The minimum absolute atomic E-state index is 0.0450. The van der Waals surface area contributed by atoms with Crippen molar-refractivity contribution in [1.29, 1.82) is 0 Å². The summed E-state index contributed by atoms with van der Waals surface area (Å²) in [5.74, 6) is 2.26. The largest absolute Gasteiger partial charge is 0.493 e. The molecule has 0 bridgehead atoms. The van der Waals surface area contributed by atoms with E-state index in [4.69, 9.17) is 18.9 Å². The van der Waals surface area contributed by atoms with Gasteiger partial charge in [-0.2, -0.15) is 0 Å². The van der Waals surface area contributed by atoms with Gasteiger partial charge >= 0.3 is 0 Å². The van der Waals surface area contributed by atoms with Gasteiger partial charge in [0.25, 0.3) is 5.91 Å². The Morgan fingerprint density at radius 1 is 0.800 bits per heavy atom. The molecule has 7 nitrogen and oxygen atoms in total. The molecule has 0 N–H and O–H groups in total. The zero-order chi connectivity index (χ0) is 24.5. The maximum atomic E-state index is 13.3. The number of benzene rings is 3. The number of hydrogen-bond acceptors (Lipinski definition) is 6. The molecule has 1 fully saturated rings. The Kier molecular flexibility index (Phi) is 8.46. The number of piperazine rings is 1. The van der Waals surface area contributed by atoms with E-state index in [1.165, 1.54) is 0 Å². The number of hydrogen-bond donors (Lipinski definition) is 0. The van der Waals surface area contributed by atoms with E-state index < -0.39 is 0 Å². The molecule has 4 rings (SSSR count). The number of nitrogens with zero attached hydrogens (tertiary/aromatic N) is 2. The molecule has 35 heavy (non-hydrogen) atoms. The van der Waals surface area contributed by atoms with Crippen molar-refractivity contribution in [3.8, 4) is 23.0 Å². The van der Waals surface area contributed by atoms with Crippen molar-refractivity contribution >= 4 is 5.91 Å². The molecule has 1 aliphatic rings. The van der Waals surface area contributed by atoms with E-state index in [0.717, 1.165) is 30.9 Å². The molecule has 1 saturated heterocycles. The maximum Gasteiger partial charge on any atom is 0.254 e. The Balaban J connectivity index is 1.34. The molecule has 0 aromatic heterocycles. The van der Waals surface area contributed by atoms with Crippen LogP contribution in [-0.4, -0.2) is 69.3 Å². The first-order valence-corrected chi connectivity index (χ1v) is 11.8. The molecule has 0 atom stereocenters. The second-order valence-corrected chi connectivity index (χ2v) is 8.28. The molecular formula is C28H32N2O5. The van der Waals surface area contributed by atoms with Gasteiger partial charge in [0.2, 0.25) is 5.75 Å². The zero-order valence-corrected chi connectivity index (χ0v) is 20.3. The van der Waals surface area contributed by atoms with Gasteiger partial charge in [0, 0.05) is 38.3 Å². The lowest BCUT2D eigenvalue weighted by atomic mass is 10.1. The molecule has 0 spiro atoms. The van der Waals surface area contributed by atoms with Crippen molar-refractivity contribution in [2.75, 3.05) is 53.6 Å². The highest BCUT2D eigenvalue weighted by atomic mass is 16.5. The van der Waals surface area contributed by atoms with Crippen LogP contribution in [0.5, 0.6) is 23.0 Å². The summed E-state index contributed by atoms with van der Waals surface area (Å²) in [6.07, 6.45) is 0. The van der Waals surface area contributed by atoms with Gasteiger partial charge < -0.3 is 23.8 Å². The molecule has 3 aromatic carbocycles. The summed E-state index contributed by atoms with van der Waals surface area (Å²) in [6, 6.07) is 23.1. The summed E-state index contributed by atoms with van der Waals surface area (Å²) < 4.78 is 22.9. The van der Waals surface area contributed by atoms with Crippen LogP contribution in [0, 0.1) is 0 Å². The number of carbonyl (C=O) groups excluding carboxylic acids is 1. The predicted octanol–water partition coefficient (Wildman–Crippen LogP) is 4.12. The first-order valence-electron chi connectivity index (χ1n) is 11.8. The van der Waals surface area contributed by atoms with Gasteiger partial charge in [-0.1, -0.05) is 48.5 Å². The van der Waals surface area contributed by atoms with Gasteiger partial charge in [-0.15, -0.1) is 0 Å². The molecule has 0 radical (unpaired) electrons. The lowest BCUT2D eigenvalue weighted by molar-refractivity contribution is 0.0619. The van der Waals surface area contributed by atoms with E-state index in [1.54, 1.807) is 26.4 Å². The predicted molar refractivity (Wildman–Crippen MR) is 135 cm³/mol. The molecule has 7 heteroatoms. The first-order chi connectivity index (χ1) is 17.2. The Hall–Kier alpha value is -3.71. The average Bonchev–Trinajstić information content (AvgIpc) is 2.92. The lowest BCUT2D eigenvalue weighted by Crippen LogP contribution is -2.49. The molecular weight excluding hydrogens is 444 g/mol. The van der Waals surface area contributed by atoms with E-state index in [-0.39, 0.29) is 5.91 Å². The standard InChI is InChI=1S/C28H32N2O5/c1-32-25-19-23(20-26(33-2)27(25)35-21-22-9-5-3-6-10-22)28(31)30-15-13-29(14-16-30)17-18-34-24-11-7-4-8-12-24/h3-12,19-20H,13-18,21H2,1-2H3. The second kappa shape index (κ2) is 12.1. The van der Waals surface area contributed by atoms with E-state index in [2.05, 4.69) is 4.90 Å². The van der Waals surface area contributed by atoms with Gasteiger partial charge in [0.05, 0.1) is 14.2 Å². The van der Waals surface area contributed by atoms with Crippen LogP contribution in [0.3, 0.4) is 0 Å². The lowest BCUT2D eigenvalue weighted by Gasteiger charge is -2.34. The summed E-state index contributed by atoms with van der Waals surface area (Å²) in [4.78, 5) is 17.4. The summed E-state index contributed by atoms with van der Waals surface area (Å²) in [5, 5.41) is 0. The minimum atomic E-state index is -0.0450. The van der Waals surface area contributed by atoms with Gasteiger partial charge in [0.15, 0.2) is 11.5 Å². The van der Waals surface area contributed by atoms with Crippen LogP contribution in [0.15, 0.2) is 72.8 Å². The number of para-hydroxylation sites is 1. The van der Waals surface area contributed by atoms with Crippen molar-refractivity contribution < 1.29 is 23.7 Å². The molecule has 1 heterocycles. The topological polar surface area (TPSA) is 60.5 Å². The van der Waals surface area contributed by atoms with E-state index in [9.17, 15) is 4.79 Å². The van der Waals surface area contributed by atoms with Gasteiger partial charge in [-0.05, 0) is 29.8 Å². The summed E-state index contributed by atoms with van der Waals surface area (Å²) >= 11 is 0. The Morgan fingerprint density at radius 2 is 1.40 bits per heavy atom. The van der Waals surface area contributed by atoms with E-state index in [1.807, 2.05) is 65.6 Å². The molecule has 0 saturated carbocycles. The number of amides is 1. The van der Waals surface area contributed by atoms with Crippen molar-refractivity contribution in [2.45, 2.75) is 6.61 Å².